The van der Waals surface area contributed by atoms with Crippen LogP contribution in [0.25, 0.3) is 0 Å². The summed E-state index contributed by atoms with van der Waals surface area (Å²) in [6, 6.07) is 0.296. The molecule has 204 valence electrons. The van der Waals surface area contributed by atoms with Crippen LogP contribution >= 0.6 is 0 Å². The summed E-state index contributed by atoms with van der Waals surface area (Å²) in [5, 5.41) is 0. The number of cyclic esters (lactones) is 1. The van der Waals surface area contributed by atoms with E-state index in [2.05, 4.69) is 24.8 Å². The molecule has 2 heterocycles. The van der Waals surface area contributed by atoms with Crippen molar-refractivity contribution in [2.24, 2.45) is 34.5 Å². The quantitative estimate of drug-likeness (QED) is 0.357. The van der Waals surface area contributed by atoms with Crippen molar-refractivity contribution in [3.8, 4) is 0 Å². The summed E-state index contributed by atoms with van der Waals surface area (Å²) in [7, 11) is 1.96. The number of hydrogen-bond acceptors (Lipinski definition) is 5. The lowest BCUT2D eigenvalue weighted by Gasteiger charge is -2.60. The summed E-state index contributed by atoms with van der Waals surface area (Å²) in [6.07, 6.45) is 16.2. The van der Waals surface area contributed by atoms with Gasteiger partial charge in [-0.1, -0.05) is 25.5 Å². The molecule has 1 amide bonds. The molecule has 6 nitrogen and oxygen atoms in total. The first-order valence-corrected chi connectivity index (χ1v) is 15.0. The summed E-state index contributed by atoms with van der Waals surface area (Å²) in [5.41, 5.74) is 3.44. The van der Waals surface area contributed by atoms with Gasteiger partial charge >= 0.3 is 12.1 Å². The number of hydrogen-bond donors (Lipinski definition) is 0. The van der Waals surface area contributed by atoms with Gasteiger partial charge in [-0.15, -0.1) is 0 Å². The van der Waals surface area contributed by atoms with E-state index >= 15 is 0 Å². The van der Waals surface area contributed by atoms with Gasteiger partial charge in [0.15, 0.2) is 0 Å². The molecule has 0 unspecified atom stereocenters. The molecule has 0 spiro atoms. The van der Waals surface area contributed by atoms with Gasteiger partial charge in [-0.05, 0) is 117 Å². The molecule has 0 aromatic heterocycles. The van der Waals surface area contributed by atoms with Gasteiger partial charge in [-0.25, -0.2) is 9.59 Å². The molecule has 0 N–H and O–H groups in total. The zero-order chi connectivity index (χ0) is 25.8. The van der Waals surface area contributed by atoms with E-state index in [4.69, 9.17) is 9.47 Å². The van der Waals surface area contributed by atoms with Gasteiger partial charge in [0.05, 0.1) is 0 Å². The normalized spacial score (nSPS) is 41.3. The Morgan fingerprint density at radius 1 is 1.16 bits per heavy atom. The van der Waals surface area contributed by atoms with Crippen LogP contribution in [-0.2, 0) is 14.3 Å². The third-order valence-electron chi connectivity index (χ3n) is 11.8. The van der Waals surface area contributed by atoms with Crippen molar-refractivity contribution in [2.45, 2.75) is 84.1 Å². The Morgan fingerprint density at radius 3 is 2.73 bits per heavy atom. The highest BCUT2D eigenvalue weighted by atomic mass is 16.6. The predicted octanol–water partition coefficient (Wildman–Crippen LogP) is 5.58. The van der Waals surface area contributed by atoms with E-state index in [0.29, 0.717) is 42.4 Å². The van der Waals surface area contributed by atoms with Crippen molar-refractivity contribution in [1.29, 1.82) is 0 Å². The molecular weight excluding hydrogens is 464 g/mol. The number of nitrogens with zero attached hydrogens (tertiary/aromatic N) is 2. The van der Waals surface area contributed by atoms with Crippen molar-refractivity contribution in [3.63, 3.8) is 0 Å². The second-order valence-corrected chi connectivity index (χ2v) is 13.4. The van der Waals surface area contributed by atoms with E-state index in [1.807, 2.05) is 11.9 Å². The van der Waals surface area contributed by atoms with E-state index < -0.39 is 0 Å². The number of likely N-dealkylation sites (tertiary alicyclic amines) is 1. The van der Waals surface area contributed by atoms with E-state index in [0.717, 1.165) is 44.8 Å². The number of amides is 1. The van der Waals surface area contributed by atoms with E-state index in [-0.39, 0.29) is 17.5 Å². The number of carbonyl (C=O) groups is 2. The largest absolute Gasteiger partial charge is 0.458 e. The second-order valence-electron chi connectivity index (χ2n) is 13.4. The molecule has 0 aromatic rings. The Morgan fingerprint density at radius 2 is 1.97 bits per heavy atom. The second kappa shape index (κ2) is 9.73. The minimum Gasteiger partial charge on any atom is -0.458 e. The molecule has 3 saturated carbocycles. The Bertz CT molecular complexity index is 984. The van der Waals surface area contributed by atoms with Crippen LogP contribution in [0.3, 0.4) is 0 Å². The van der Waals surface area contributed by atoms with Crippen LogP contribution in [0.2, 0.25) is 0 Å². The predicted molar refractivity (Wildman–Crippen MR) is 143 cm³/mol. The van der Waals surface area contributed by atoms with Crippen molar-refractivity contribution in [2.75, 3.05) is 39.9 Å². The standard InChI is InChI=1S/C31H46N2O4/c1-30-12-10-23(32(3)29(35)36-17-16-33-14-4-5-15-33)19-22(30)6-7-24-26-9-8-25(21-18-28(34)37-20-21)31(26,2)13-11-27(24)30/h9,18,22-25,27H,4-8,10-17,19-20H2,1-3H3/t22-,23+,24+,25-,27+,30+,31-/m1/s1. The monoisotopic (exact) mass is 510 g/mol. The fraction of sp³-hybridized carbons (Fsp3) is 0.806. The van der Waals surface area contributed by atoms with E-state index in [9.17, 15) is 9.59 Å². The first-order chi connectivity index (χ1) is 17.8. The molecule has 6 heteroatoms. The minimum absolute atomic E-state index is 0.138. The molecular formula is C31H46N2O4. The first kappa shape index (κ1) is 25.5. The zero-order valence-corrected chi connectivity index (χ0v) is 23.2. The Kier molecular flexibility index (Phi) is 6.70. The van der Waals surface area contributed by atoms with Crippen LogP contribution in [0.15, 0.2) is 23.3 Å². The molecule has 7 atom stereocenters. The highest BCUT2D eigenvalue weighted by Gasteiger charge is 2.58. The van der Waals surface area contributed by atoms with Gasteiger partial charge in [0, 0.05) is 25.7 Å². The molecule has 6 aliphatic rings. The highest BCUT2D eigenvalue weighted by molar-refractivity contribution is 5.85. The van der Waals surface area contributed by atoms with Gasteiger partial charge in [-0.3, -0.25) is 4.90 Å². The summed E-state index contributed by atoms with van der Waals surface area (Å²) < 4.78 is 11.0. The number of esters is 1. The summed E-state index contributed by atoms with van der Waals surface area (Å²) in [4.78, 5) is 28.9. The average molecular weight is 511 g/mol. The van der Waals surface area contributed by atoms with Crippen molar-refractivity contribution < 1.29 is 19.1 Å². The maximum absolute atomic E-state index is 12.8. The fourth-order valence-electron chi connectivity index (χ4n) is 9.59. The van der Waals surface area contributed by atoms with Crippen LogP contribution in [0.4, 0.5) is 4.79 Å². The van der Waals surface area contributed by atoms with Gasteiger partial charge in [0.2, 0.25) is 0 Å². The number of carbonyl (C=O) groups excluding carboxylic acids is 2. The van der Waals surface area contributed by atoms with Crippen LogP contribution in [-0.4, -0.2) is 67.8 Å². The number of fused-ring (bicyclic) bond motifs is 5. The molecule has 0 aromatic carbocycles. The number of ether oxygens (including phenoxy) is 2. The van der Waals surface area contributed by atoms with Gasteiger partial charge in [0.1, 0.15) is 13.2 Å². The smallest absolute Gasteiger partial charge is 0.409 e. The Hall–Kier alpha value is -1.82. The first-order valence-electron chi connectivity index (χ1n) is 15.0. The summed E-state index contributed by atoms with van der Waals surface area (Å²) in [5.74, 6) is 2.36. The Balaban J connectivity index is 1.08. The van der Waals surface area contributed by atoms with Crippen molar-refractivity contribution in [3.05, 3.63) is 23.3 Å². The number of allylic oxidation sites excluding steroid dienone is 2. The molecule has 4 aliphatic carbocycles. The zero-order valence-electron chi connectivity index (χ0n) is 23.2. The summed E-state index contributed by atoms with van der Waals surface area (Å²) >= 11 is 0. The van der Waals surface area contributed by atoms with Crippen LogP contribution in [0.1, 0.15) is 78.1 Å². The molecule has 2 aliphatic heterocycles. The topological polar surface area (TPSA) is 59.1 Å². The fourth-order valence-corrected chi connectivity index (χ4v) is 9.59. The summed E-state index contributed by atoms with van der Waals surface area (Å²) in [6.45, 7) is 9.18. The van der Waals surface area contributed by atoms with E-state index in [1.165, 1.54) is 50.5 Å². The van der Waals surface area contributed by atoms with Gasteiger partial charge in [-0.2, -0.15) is 0 Å². The Labute approximate surface area is 222 Å². The maximum Gasteiger partial charge on any atom is 0.409 e. The third-order valence-corrected chi connectivity index (χ3v) is 11.8. The molecule has 4 fully saturated rings. The van der Waals surface area contributed by atoms with Crippen LogP contribution in [0, 0.1) is 34.5 Å². The molecule has 6 rings (SSSR count). The maximum atomic E-state index is 12.8. The lowest BCUT2D eigenvalue weighted by atomic mass is 9.45. The van der Waals surface area contributed by atoms with Crippen LogP contribution in [0.5, 0.6) is 0 Å². The van der Waals surface area contributed by atoms with Crippen LogP contribution < -0.4 is 0 Å². The third kappa shape index (κ3) is 4.35. The molecule has 37 heavy (non-hydrogen) atoms. The van der Waals surface area contributed by atoms with Gasteiger partial charge in [0.25, 0.3) is 0 Å². The molecule has 0 radical (unpaired) electrons. The average Bonchev–Trinajstić information content (AvgIpc) is 3.63. The highest BCUT2D eigenvalue weighted by Crippen LogP contribution is 2.66. The minimum atomic E-state index is -0.161. The molecule has 0 bridgehead atoms. The lowest BCUT2D eigenvalue weighted by molar-refractivity contribution is -0.135. The van der Waals surface area contributed by atoms with Crippen molar-refractivity contribution in [1.82, 2.24) is 9.80 Å². The SMILES string of the molecule is CN(C(=O)OCCN1CCCC1)[C@H]1CC[C@@]2(C)[C@H](CC[C@H]3C4=CC[C@H](C5=CC(=O)OC5)[C@@]4(C)CC[C@@H]32)C1. The number of rotatable bonds is 5. The van der Waals surface area contributed by atoms with Crippen molar-refractivity contribution >= 4 is 12.1 Å². The van der Waals surface area contributed by atoms with Gasteiger partial charge < -0.3 is 14.4 Å². The lowest BCUT2D eigenvalue weighted by Crippen LogP contribution is -2.54. The van der Waals surface area contributed by atoms with E-state index in [1.54, 1.807) is 11.6 Å². The molecule has 1 saturated heterocycles.